The Kier molecular flexibility index (Phi) is 3.47. The third-order valence-electron chi connectivity index (χ3n) is 3.47. The molecule has 1 fully saturated rings. The van der Waals surface area contributed by atoms with E-state index in [1.165, 1.54) is 0 Å². The number of nitrogens with zero attached hydrogens (tertiary/aromatic N) is 3. The Morgan fingerprint density at radius 1 is 1.45 bits per heavy atom. The average Bonchev–Trinajstić information content (AvgIpc) is 2.47. The molecule has 0 bridgehead atoms. The van der Waals surface area contributed by atoms with Crippen LogP contribution in [0.5, 0.6) is 0 Å². The lowest BCUT2D eigenvalue weighted by Crippen LogP contribution is -2.46. The van der Waals surface area contributed by atoms with Gasteiger partial charge in [0.1, 0.15) is 0 Å². The van der Waals surface area contributed by atoms with Crippen LogP contribution in [0.25, 0.3) is 10.9 Å². The number of benzene rings is 1. The van der Waals surface area contributed by atoms with Crippen LogP contribution in [0.4, 0.5) is 5.69 Å². The minimum atomic E-state index is -0.822. The molecule has 1 saturated heterocycles. The predicted octanol–water partition coefficient (Wildman–Crippen LogP) is 1.31. The maximum atomic E-state index is 11.0. The number of carboxylic acids is 1. The van der Waals surface area contributed by atoms with E-state index in [-0.39, 0.29) is 12.5 Å². The number of hydrogen-bond acceptors (Lipinski definition) is 5. The second kappa shape index (κ2) is 5.42. The van der Waals surface area contributed by atoms with Gasteiger partial charge in [0, 0.05) is 11.9 Å². The molecular formula is C14H15N3O3. The second-order valence-electron chi connectivity index (χ2n) is 4.77. The zero-order valence-corrected chi connectivity index (χ0v) is 10.9. The summed E-state index contributed by atoms with van der Waals surface area (Å²) < 4.78 is 5.41. The van der Waals surface area contributed by atoms with Crippen LogP contribution in [0.3, 0.4) is 0 Å². The summed E-state index contributed by atoms with van der Waals surface area (Å²) in [6.45, 7) is 1.67. The summed E-state index contributed by atoms with van der Waals surface area (Å²) >= 11 is 0. The molecule has 0 radical (unpaired) electrons. The molecule has 1 aromatic carbocycles. The van der Waals surface area contributed by atoms with Gasteiger partial charge >= 0.3 is 5.97 Å². The van der Waals surface area contributed by atoms with Crippen molar-refractivity contribution in [1.29, 1.82) is 0 Å². The third kappa shape index (κ3) is 2.42. The van der Waals surface area contributed by atoms with Gasteiger partial charge in [-0.05, 0) is 6.07 Å². The highest BCUT2D eigenvalue weighted by Crippen LogP contribution is 2.27. The lowest BCUT2D eigenvalue weighted by atomic mass is 10.1. The molecule has 0 spiro atoms. The van der Waals surface area contributed by atoms with Gasteiger partial charge in [0.2, 0.25) is 0 Å². The van der Waals surface area contributed by atoms with Crippen molar-refractivity contribution in [2.24, 2.45) is 0 Å². The van der Waals surface area contributed by atoms with E-state index in [4.69, 9.17) is 9.84 Å². The van der Waals surface area contributed by atoms with Crippen LogP contribution in [0, 0.1) is 0 Å². The Morgan fingerprint density at radius 2 is 2.30 bits per heavy atom. The van der Waals surface area contributed by atoms with Gasteiger partial charge < -0.3 is 14.7 Å². The van der Waals surface area contributed by atoms with Gasteiger partial charge in [0.25, 0.3) is 0 Å². The Balaban J connectivity index is 2.01. The maximum Gasteiger partial charge on any atom is 0.305 e. The fourth-order valence-electron chi connectivity index (χ4n) is 2.56. The van der Waals surface area contributed by atoms with Crippen LogP contribution in [-0.2, 0) is 9.53 Å². The molecule has 0 saturated carbocycles. The maximum absolute atomic E-state index is 11.0. The van der Waals surface area contributed by atoms with Gasteiger partial charge in [0.15, 0.2) is 0 Å². The quantitative estimate of drug-likeness (QED) is 0.908. The standard InChI is InChI=1S/C14H15N3O3/c18-14(19)7-10-9-20-6-5-17(10)13-8-15-16-12-4-2-1-3-11(12)13/h1-4,8,10H,5-7,9H2,(H,18,19). The minimum absolute atomic E-state index is 0.0522. The van der Waals surface area contributed by atoms with Crippen LogP contribution in [-0.4, -0.2) is 47.1 Å². The van der Waals surface area contributed by atoms with Gasteiger partial charge in [-0.15, -0.1) is 0 Å². The fourth-order valence-corrected chi connectivity index (χ4v) is 2.56. The number of carbonyl (C=O) groups is 1. The number of anilines is 1. The Morgan fingerprint density at radius 3 is 3.15 bits per heavy atom. The number of hydrogen-bond donors (Lipinski definition) is 1. The van der Waals surface area contributed by atoms with Crippen molar-refractivity contribution in [2.75, 3.05) is 24.7 Å². The molecule has 2 heterocycles. The van der Waals surface area contributed by atoms with Gasteiger partial charge in [-0.3, -0.25) is 4.79 Å². The van der Waals surface area contributed by atoms with Gasteiger partial charge in [-0.2, -0.15) is 10.2 Å². The molecule has 20 heavy (non-hydrogen) atoms. The lowest BCUT2D eigenvalue weighted by Gasteiger charge is -2.36. The first-order valence-electron chi connectivity index (χ1n) is 6.52. The number of morpholine rings is 1. The number of ether oxygens (including phenoxy) is 1. The van der Waals surface area contributed by atoms with Crippen molar-refractivity contribution in [3.63, 3.8) is 0 Å². The molecule has 0 aliphatic carbocycles. The molecular weight excluding hydrogens is 258 g/mol. The second-order valence-corrected chi connectivity index (χ2v) is 4.77. The summed E-state index contributed by atoms with van der Waals surface area (Å²) in [5, 5.41) is 18.1. The highest BCUT2D eigenvalue weighted by atomic mass is 16.5. The van der Waals surface area contributed by atoms with Crippen LogP contribution in [0.15, 0.2) is 30.5 Å². The summed E-state index contributed by atoms with van der Waals surface area (Å²) in [6, 6.07) is 7.56. The van der Waals surface area contributed by atoms with Crippen molar-refractivity contribution < 1.29 is 14.6 Å². The Labute approximate surface area is 116 Å². The van der Waals surface area contributed by atoms with Crippen LogP contribution >= 0.6 is 0 Å². The van der Waals surface area contributed by atoms with E-state index >= 15 is 0 Å². The molecule has 1 unspecified atom stereocenters. The molecule has 6 heteroatoms. The number of fused-ring (bicyclic) bond motifs is 1. The zero-order chi connectivity index (χ0) is 13.9. The van der Waals surface area contributed by atoms with Crippen LogP contribution in [0.2, 0.25) is 0 Å². The highest BCUT2D eigenvalue weighted by molar-refractivity contribution is 5.91. The smallest absolute Gasteiger partial charge is 0.305 e. The van der Waals surface area contributed by atoms with E-state index < -0.39 is 5.97 Å². The molecule has 1 aliphatic heterocycles. The van der Waals surface area contributed by atoms with Crippen molar-refractivity contribution >= 4 is 22.6 Å². The van der Waals surface area contributed by atoms with Crippen molar-refractivity contribution in [3.05, 3.63) is 30.5 Å². The number of rotatable bonds is 3. The first kappa shape index (κ1) is 12.8. The van der Waals surface area contributed by atoms with Gasteiger partial charge in [0.05, 0.1) is 43.1 Å². The number of aliphatic carboxylic acids is 1. The molecule has 3 rings (SSSR count). The topological polar surface area (TPSA) is 75.6 Å². The first-order chi connectivity index (χ1) is 9.75. The zero-order valence-electron chi connectivity index (χ0n) is 10.9. The van der Waals surface area contributed by atoms with E-state index in [2.05, 4.69) is 15.1 Å². The average molecular weight is 273 g/mol. The van der Waals surface area contributed by atoms with Crippen LogP contribution in [0.1, 0.15) is 6.42 Å². The van der Waals surface area contributed by atoms with E-state index in [9.17, 15) is 4.79 Å². The van der Waals surface area contributed by atoms with E-state index in [0.29, 0.717) is 19.8 Å². The van der Waals surface area contributed by atoms with Crippen molar-refractivity contribution in [1.82, 2.24) is 10.2 Å². The summed E-state index contributed by atoms with van der Waals surface area (Å²) in [6.07, 6.45) is 1.75. The van der Waals surface area contributed by atoms with Crippen LogP contribution < -0.4 is 4.90 Å². The molecule has 1 aromatic heterocycles. The number of carboxylic acid groups (broad SMARTS) is 1. The number of aromatic nitrogens is 2. The molecule has 1 atom stereocenters. The monoisotopic (exact) mass is 273 g/mol. The van der Waals surface area contributed by atoms with Gasteiger partial charge in [-0.1, -0.05) is 18.2 Å². The normalized spacial score (nSPS) is 19.2. The molecule has 2 aromatic rings. The molecule has 1 N–H and O–H groups in total. The minimum Gasteiger partial charge on any atom is -0.481 e. The van der Waals surface area contributed by atoms with E-state index in [1.807, 2.05) is 24.3 Å². The van der Waals surface area contributed by atoms with Crippen molar-refractivity contribution in [3.8, 4) is 0 Å². The van der Waals surface area contributed by atoms with Crippen molar-refractivity contribution in [2.45, 2.75) is 12.5 Å². The van der Waals surface area contributed by atoms with E-state index in [1.54, 1.807) is 6.20 Å². The lowest BCUT2D eigenvalue weighted by molar-refractivity contribution is -0.138. The Hall–Kier alpha value is -2.21. The predicted molar refractivity (Wildman–Crippen MR) is 73.7 cm³/mol. The summed E-state index contributed by atoms with van der Waals surface area (Å²) in [4.78, 5) is 13.1. The summed E-state index contributed by atoms with van der Waals surface area (Å²) in [5.41, 5.74) is 1.73. The summed E-state index contributed by atoms with van der Waals surface area (Å²) in [7, 11) is 0. The largest absolute Gasteiger partial charge is 0.481 e. The summed E-state index contributed by atoms with van der Waals surface area (Å²) in [5.74, 6) is -0.822. The SMILES string of the molecule is O=C(O)CC1COCCN1c1cnnc2ccccc12. The van der Waals surface area contributed by atoms with Gasteiger partial charge in [-0.25, -0.2) is 0 Å². The third-order valence-corrected chi connectivity index (χ3v) is 3.47. The van der Waals surface area contributed by atoms with E-state index in [0.717, 1.165) is 16.6 Å². The molecule has 104 valence electrons. The highest BCUT2D eigenvalue weighted by Gasteiger charge is 2.26. The Bertz CT molecular complexity index is 627. The first-order valence-corrected chi connectivity index (χ1v) is 6.52. The fraction of sp³-hybridized carbons (Fsp3) is 0.357. The molecule has 1 aliphatic rings. The molecule has 0 amide bonds. The molecule has 6 nitrogen and oxygen atoms in total.